The Balaban J connectivity index is 1.96. The summed E-state index contributed by atoms with van der Waals surface area (Å²) in [4.78, 5) is 27.6. The van der Waals surface area contributed by atoms with Crippen molar-refractivity contribution in [3.05, 3.63) is 52.5 Å². The molecule has 2 aromatic carbocycles. The van der Waals surface area contributed by atoms with Crippen molar-refractivity contribution in [2.45, 2.75) is 19.3 Å². The van der Waals surface area contributed by atoms with Crippen LogP contribution < -0.4 is 14.8 Å². The quantitative estimate of drug-likeness (QED) is 0.812. The topological polar surface area (TPSA) is 67.9 Å². The number of likely N-dealkylation sites (tertiary alicyclic amines) is 1. The van der Waals surface area contributed by atoms with Crippen molar-refractivity contribution in [1.82, 2.24) is 4.90 Å². The molecule has 1 fully saturated rings. The third kappa shape index (κ3) is 4.39. The fourth-order valence-electron chi connectivity index (χ4n) is 3.22. The van der Waals surface area contributed by atoms with Gasteiger partial charge in [-0.05, 0) is 49.6 Å². The Morgan fingerprint density at radius 3 is 2.18 bits per heavy atom. The number of benzene rings is 2. The number of ether oxygens (including phenoxy) is 2. The maximum absolute atomic E-state index is 13.1. The molecule has 0 spiro atoms. The molecule has 1 saturated heterocycles. The highest BCUT2D eigenvalue weighted by Crippen LogP contribution is 2.34. The largest absolute Gasteiger partial charge is 0.493 e. The Bertz CT molecular complexity index is 861. The summed E-state index contributed by atoms with van der Waals surface area (Å²) in [6.45, 7) is 1.41. The van der Waals surface area contributed by atoms with Crippen LogP contribution in [0.3, 0.4) is 0 Å². The Kier molecular flexibility index (Phi) is 6.41. The first-order valence-electron chi connectivity index (χ1n) is 9.15. The summed E-state index contributed by atoms with van der Waals surface area (Å²) in [5.74, 6) is 0.403. The van der Waals surface area contributed by atoms with Gasteiger partial charge in [0.05, 0.1) is 25.5 Å². The predicted octanol–water partition coefficient (Wildman–Crippen LogP) is 4.24. The van der Waals surface area contributed by atoms with E-state index >= 15 is 0 Å². The summed E-state index contributed by atoms with van der Waals surface area (Å²) >= 11 is 5.89. The van der Waals surface area contributed by atoms with Crippen LogP contribution in [0.5, 0.6) is 11.5 Å². The van der Waals surface area contributed by atoms with Gasteiger partial charge in [-0.3, -0.25) is 9.59 Å². The molecule has 2 aromatic rings. The predicted molar refractivity (Wildman–Crippen MR) is 109 cm³/mol. The van der Waals surface area contributed by atoms with Crippen molar-refractivity contribution in [2.24, 2.45) is 0 Å². The van der Waals surface area contributed by atoms with Crippen LogP contribution in [-0.2, 0) is 0 Å². The molecule has 3 rings (SSSR count). The van der Waals surface area contributed by atoms with E-state index in [-0.39, 0.29) is 11.8 Å². The number of piperidine rings is 1. The van der Waals surface area contributed by atoms with Gasteiger partial charge in [-0.1, -0.05) is 11.6 Å². The molecule has 0 aromatic heterocycles. The Labute approximate surface area is 169 Å². The number of carbonyl (C=O) groups excluding carboxylic acids is 2. The van der Waals surface area contributed by atoms with Gasteiger partial charge in [-0.2, -0.15) is 0 Å². The molecule has 0 bridgehead atoms. The summed E-state index contributed by atoms with van der Waals surface area (Å²) in [5.41, 5.74) is 1.20. The average molecular weight is 403 g/mol. The zero-order valence-corrected chi connectivity index (χ0v) is 16.7. The minimum absolute atomic E-state index is 0.132. The second-order valence-corrected chi connectivity index (χ2v) is 7.00. The third-order valence-electron chi connectivity index (χ3n) is 4.75. The summed E-state index contributed by atoms with van der Waals surface area (Å²) in [7, 11) is 3.02. The molecule has 148 valence electrons. The molecule has 0 aliphatic carbocycles. The first kappa shape index (κ1) is 20.0. The number of anilines is 1. The number of methoxy groups -OCH3 is 2. The normalized spacial score (nSPS) is 13.8. The lowest BCUT2D eigenvalue weighted by atomic mass is 10.1. The van der Waals surface area contributed by atoms with Gasteiger partial charge in [0, 0.05) is 29.7 Å². The minimum atomic E-state index is -0.336. The molecule has 0 unspecified atom stereocenters. The van der Waals surface area contributed by atoms with Crippen molar-refractivity contribution in [3.63, 3.8) is 0 Å². The van der Waals surface area contributed by atoms with E-state index in [2.05, 4.69) is 5.32 Å². The number of nitrogens with one attached hydrogen (secondary N) is 1. The molecule has 1 N–H and O–H groups in total. The molecule has 2 amide bonds. The summed E-state index contributed by atoms with van der Waals surface area (Å²) in [6, 6.07) is 9.78. The van der Waals surface area contributed by atoms with E-state index < -0.39 is 0 Å². The van der Waals surface area contributed by atoms with Gasteiger partial charge in [-0.25, -0.2) is 0 Å². The van der Waals surface area contributed by atoms with Gasteiger partial charge in [-0.15, -0.1) is 0 Å². The molecule has 7 heteroatoms. The van der Waals surface area contributed by atoms with E-state index in [0.717, 1.165) is 19.3 Å². The zero-order chi connectivity index (χ0) is 20.1. The Morgan fingerprint density at radius 2 is 1.57 bits per heavy atom. The number of hydrogen-bond acceptors (Lipinski definition) is 4. The lowest BCUT2D eigenvalue weighted by Gasteiger charge is -2.28. The number of amides is 2. The van der Waals surface area contributed by atoms with Gasteiger partial charge in [0.15, 0.2) is 11.5 Å². The Hall–Kier alpha value is -2.73. The van der Waals surface area contributed by atoms with Crippen LogP contribution in [0.25, 0.3) is 0 Å². The standard InChI is InChI=1S/C21H23ClN2O4/c1-27-18-12-16(21(26)24-10-4-3-5-11-24)17(13-19(18)28-2)23-20(25)14-6-8-15(22)9-7-14/h6-9,12-13H,3-5,10-11H2,1-2H3,(H,23,25). The van der Waals surface area contributed by atoms with E-state index in [4.69, 9.17) is 21.1 Å². The van der Waals surface area contributed by atoms with Gasteiger partial charge < -0.3 is 19.7 Å². The van der Waals surface area contributed by atoms with Crippen LogP contribution in [0.2, 0.25) is 5.02 Å². The highest BCUT2D eigenvalue weighted by Gasteiger charge is 2.24. The van der Waals surface area contributed by atoms with Gasteiger partial charge in [0.1, 0.15) is 0 Å². The number of carbonyl (C=O) groups is 2. The fourth-order valence-corrected chi connectivity index (χ4v) is 3.35. The lowest BCUT2D eigenvalue weighted by molar-refractivity contribution is 0.0725. The maximum Gasteiger partial charge on any atom is 0.256 e. The monoisotopic (exact) mass is 402 g/mol. The van der Waals surface area contributed by atoms with Crippen LogP contribution in [0.4, 0.5) is 5.69 Å². The van der Waals surface area contributed by atoms with E-state index in [1.807, 2.05) is 4.90 Å². The first-order chi connectivity index (χ1) is 13.5. The molecular formula is C21H23ClN2O4. The van der Waals surface area contributed by atoms with Gasteiger partial charge in [0.2, 0.25) is 0 Å². The lowest BCUT2D eigenvalue weighted by Crippen LogP contribution is -2.36. The Morgan fingerprint density at radius 1 is 0.964 bits per heavy atom. The SMILES string of the molecule is COc1cc(NC(=O)c2ccc(Cl)cc2)c(C(=O)N2CCCCC2)cc1OC. The van der Waals surface area contributed by atoms with Crippen LogP contribution in [0.15, 0.2) is 36.4 Å². The number of hydrogen-bond donors (Lipinski definition) is 1. The zero-order valence-electron chi connectivity index (χ0n) is 16.0. The second kappa shape index (κ2) is 8.97. The van der Waals surface area contributed by atoms with Crippen molar-refractivity contribution in [3.8, 4) is 11.5 Å². The molecule has 0 saturated carbocycles. The highest BCUT2D eigenvalue weighted by molar-refractivity contribution is 6.30. The average Bonchev–Trinajstić information content (AvgIpc) is 2.74. The molecule has 0 atom stereocenters. The highest BCUT2D eigenvalue weighted by atomic mass is 35.5. The summed E-state index contributed by atoms with van der Waals surface area (Å²) < 4.78 is 10.7. The second-order valence-electron chi connectivity index (χ2n) is 6.57. The first-order valence-corrected chi connectivity index (χ1v) is 9.53. The molecule has 28 heavy (non-hydrogen) atoms. The summed E-state index contributed by atoms with van der Waals surface area (Å²) in [6.07, 6.45) is 3.08. The molecule has 1 aliphatic heterocycles. The van der Waals surface area contributed by atoms with Crippen molar-refractivity contribution in [1.29, 1.82) is 0 Å². The molecule has 6 nitrogen and oxygen atoms in total. The molecule has 0 radical (unpaired) electrons. The number of rotatable bonds is 5. The maximum atomic E-state index is 13.1. The smallest absolute Gasteiger partial charge is 0.256 e. The van der Waals surface area contributed by atoms with Crippen molar-refractivity contribution < 1.29 is 19.1 Å². The third-order valence-corrected chi connectivity index (χ3v) is 5.00. The van der Waals surface area contributed by atoms with Crippen molar-refractivity contribution in [2.75, 3.05) is 32.6 Å². The molecule has 1 heterocycles. The minimum Gasteiger partial charge on any atom is -0.493 e. The van der Waals surface area contributed by atoms with Crippen LogP contribution >= 0.6 is 11.6 Å². The van der Waals surface area contributed by atoms with Crippen LogP contribution in [-0.4, -0.2) is 44.0 Å². The molecular weight excluding hydrogens is 380 g/mol. The fraction of sp³-hybridized carbons (Fsp3) is 0.333. The number of nitrogens with zero attached hydrogens (tertiary/aromatic N) is 1. The van der Waals surface area contributed by atoms with Crippen molar-refractivity contribution >= 4 is 29.1 Å². The van der Waals surface area contributed by atoms with Crippen LogP contribution in [0, 0.1) is 0 Å². The van der Waals surface area contributed by atoms with E-state index in [1.165, 1.54) is 14.2 Å². The van der Waals surface area contributed by atoms with Crippen LogP contribution in [0.1, 0.15) is 40.0 Å². The number of halogens is 1. The molecule has 1 aliphatic rings. The summed E-state index contributed by atoms with van der Waals surface area (Å²) in [5, 5.41) is 3.37. The van der Waals surface area contributed by atoms with Gasteiger partial charge >= 0.3 is 0 Å². The van der Waals surface area contributed by atoms with E-state index in [9.17, 15) is 9.59 Å². The van der Waals surface area contributed by atoms with E-state index in [0.29, 0.717) is 46.4 Å². The van der Waals surface area contributed by atoms with E-state index in [1.54, 1.807) is 36.4 Å². The van der Waals surface area contributed by atoms with Gasteiger partial charge in [0.25, 0.3) is 11.8 Å².